The minimum absolute atomic E-state index is 0.670. The molecule has 0 saturated carbocycles. The van der Waals surface area contributed by atoms with Gasteiger partial charge in [0, 0.05) is 16.7 Å². The second kappa shape index (κ2) is 8.65. The number of hydrogen-bond acceptors (Lipinski definition) is 3. The van der Waals surface area contributed by atoms with E-state index in [-0.39, 0.29) is 0 Å². The van der Waals surface area contributed by atoms with Crippen LogP contribution in [0.3, 0.4) is 0 Å². The fourth-order valence-corrected chi connectivity index (χ4v) is 5.10. The van der Waals surface area contributed by atoms with Crippen LogP contribution in [0.5, 0.6) is 0 Å². The second-order valence-corrected chi connectivity index (χ2v) is 9.39. The Morgan fingerprint density at radius 1 is 0.351 bits per heavy atom. The van der Waals surface area contributed by atoms with Crippen LogP contribution in [-0.4, -0.2) is 15.0 Å². The molecule has 0 radical (unpaired) electrons. The van der Waals surface area contributed by atoms with Crippen LogP contribution in [-0.2, 0) is 0 Å². The Kier molecular flexibility index (Phi) is 5.00. The third-order valence-electron chi connectivity index (χ3n) is 6.98. The lowest BCUT2D eigenvalue weighted by Crippen LogP contribution is -2.00. The van der Waals surface area contributed by atoms with Gasteiger partial charge in [-0.25, -0.2) is 15.0 Å². The highest BCUT2D eigenvalue weighted by atomic mass is 15.0. The van der Waals surface area contributed by atoms with E-state index in [0.29, 0.717) is 17.5 Å². The predicted molar refractivity (Wildman–Crippen MR) is 153 cm³/mol. The number of hydrogen-bond donors (Lipinski definition) is 0. The summed E-state index contributed by atoms with van der Waals surface area (Å²) in [6, 6.07) is 42.2. The molecule has 0 atom stereocenters. The second-order valence-electron chi connectivity index (χ2n) is 9.39. The Morgan fingerprint density at radius 2 is 0.757 bits per heavy atom. The van der Waals surface area contributed by atoms with Crippen molar-refractivity contribution in [2.24, 2.45) is 0 Å². The average Bonchev–Trinajstić information content (AvgIpc) is 2.98. The van der Waals surface area contributed by atoms with Gasteiger partial charge in [-0.3, -0.25) is 0 Å². The molecule has 7 rings (SSSR count). The molecule has 174 valence electrons. The summed E-state index contributed by atoms with van der Waals surface area (Å²) in [5.41, 5.74) is 4.12. The van der Waals surface area contributed by atoms with Crippen LogP contribution in [0.15, 0.2) is 121 Å². The molecule has 3 nitrogen and oxygen atoms in total. The molecule has 0 amide bonds. The van der Waals surface area contributed by atoms with Gasteiger partial charge in [0.25, 0.3) is 0 Å². The molecular formula is C34H23N3. The summed E-state index contributed by atoms with van der Waals surface area (Å²) >= 11 is 0. The number of benzene rings is 6. The number of nitrogens with zero attached hydrogens (tertiary/aromatic N) is 3. The molecule has 3 heteroatoms. The molecule has 1 heterocycles. The lowest BCUT2D eigenvalue weighted by molar-refractivity contribution is 1.07. The van der Waals surface area contributed by atoms with Gasteiger partial charge in [0.05, 0.1) is 0 Å². The predicted octanol–water partition coefficient (Wildman–Crippen LogP) is 8.64. The van der Waals surface area contributed by atoms with Crippen molar-refractivity contribution in [1.82, 2.24) is 15.0 Å². The molecule has 0 aliphatic heterocycles. The standard InChI is InChI=1S/C34H23N3/c1-22-15-17-24(18-16-22)33-35-32(23-9-3-2-4-10-23)36-34(37-33)25-19-20-30-28-13-6-5-11-26(28)27-12-7-8-14-29(27)31(30)21-25/h2-21H,1H3. The Bertz CT molecular complexity index is 1890. The monoisotopic (exact) mass is 473 g/mol. The van der Waals surface area contributed by atoms with E-state index in [1.54, 1.807) is 0 Å². The molecule has 0 aliphatic rings. The van der Waals surface area contributed by atoms with Gasteiger partial charge in [-0.1, -0.05) is 121 Å². The van der Waals surface area contributed by atoms with Crippen molar-refractivity contribution in [3.05, 3.63) is 127 Å². The molecule has 0 bridgehead atoms. The Morgan fingerprint density at radius 3 is 1.32 bits per heavy atom. The highest BCUT2D eigenvalue weighted by molar-refractivity contribution is 6.25. The fourth-order valence-electron chi connectivity index (χ4n) is 5.10. The molecular weight excluding hydrogens is 450 g/mol. The molecule has 0 fully saturated rings. The molecule has 7 aromatic rings. The van der Waals surface area contributed by atoms with Gasteiger partial charge >= 0.3 is 0 Å². The van der Waals surface area contributed by atoms with Crippen LogP contribution in [0.2, 0.25) is 0 Å². The minimum Gasteiger partial charge on any atom is -0.208 e. The quantitative estimate of drug-likeness (QED) is 0.241. The summed E-state index contributed by atoms with van der Waals surface area (Å²) in [4.78, 5) is 14.8. The fraction of sp³-hybridized carbons (Fsp3) is 0.0294. The molecule has 0 spiro atoms. The maximum absolute atomic E-state index is 4.96. The zero-order valence-corrected chi connectivity index (χ0v) is 20.4. The molecule has 0 aliphatic carbocycles. The van der Waals surface area contributed by atoms with Gasteiger partial charge in [-0.05, 0) is 45.3 Å². The van der Waals surface area contributed by atoms with Crippen molar-refractivity contribution >= 4 is 32.3 Å². The van der Waals surface area contributed by atoms with Crippen LogP contribution in [0.25, 0.3) is 66.5 Å². The third-order valence-corrected chi connectivity index (χ3v) is 6.98. The first kappa shape index (κ1) is 21.4. The maximum atomic E-state index is 4.96. The van der Waals surface area contributed by atoms with E-state index < -0.39 is 0 Å². The first-order chi connectivity index (χ1) is 18.2. The summed E-state index contributed by atoms with van der Waals surface area (Å²) in [7, 11) is 0. The van der Waals surface area contributed by atoms with Gasteiger partial charge in [0.1, 0.15) is 0 Å². The Balaban J connectivity index is 1.50. The Labute approximate surface area is 215 Å². The van der Waals surface area contributed by atoms with E-state index in [4.69, 9.17) is 15.0 Å². The number of fused-ring (bicyclic) bond motifs is 6. The summed E-state index contributed by atoms with van der Waals surface area (Å²) in [5.74, 6) is 2.01. The maximum Gasteiger partial charge on any atom is 0.164 e. The molecule has 37 heavy (non-hydrogen) atoms. The normalized spacial score (nSPS) is 11.4. The van der Waals surface area contributed by atoms with Crippen molar-refractivity contribution in [2.45, 2.75) is 6.92 Å². The van der Waals surface area contributed by atoms with Gasteiger partial charge in [-0.15, -0.1) is 0 Å². The van der Waals surface area contributed by atoms with Gasteiger partial charge in [0.15, 0.2) is 17.5 Å². The van der Waals surface area contributed by atoms with E-state index >= 15 is 0 Å². The molecule has 6 aromatic carbocycles. The van der Waals surface area contributed by atoms with Crippen molar-refractivity contribution in [3.63, 3.8) is 0 Å². The number of aromatic nitrogens is 3. The SMILES string of the molecule is Cc1ccc(-c2nc(-c3ccccc3)nc(-c3ccc4c5ccccc5c5ccccc5c4c3)n2)cc1. The molecule has 1 aromatic heterocycles. The topological polar surface area (TPSA) is 38.7 Å². The first-order valence-electron chi connectivity index (χ1n) is 12.5. The Hall–Kier alpha value is -4.89. The highest BCUT2D eigenvalue weighted by Crippen LogP contribution is 2.37. The molecule has 0 unspecified atom stereocenters. The summed E-state index contributed by atoms with van der Waals surface area (Å²) in [6.45, 7) is 2.08. The van der Waals surface area contributed by atoms with E-state index in [1.807, 2.05) is 30.3 Å². The van der Waals surface area contributed by atoms with E-state index in [1.165, 1.54) is 37.9 Å². The van der Waals surface area contributed by atoms with Crippen LogP contribution in [0.1, 0.15) is 5.56 Å². The highest BCUT2D eigenvalue weighted by Gasteiger charge is 2.14. The van der Waals surface area contributed by atoms with E-state index in [9.17, 15) is 0 Å². The third kappa shape index (κ3) is 3.73. The minimum atomic E-state index is 0.670. The van der Waals surface area contributed by atoms with Crippen LogP contribution in [0, 0.1) is 6.92 Å². The lowest BCUT2D eigenvalue weighted by atomic mass is 9.93. The van der Waals surface area contributed by atoms with E-state index in [2.05, 4.69) is 97.9 Å². The van der Waals surface area contributed by atoms with Crippen LogP contribution < -0.4 is 0 Å². The number of aryl methyl sites for hydroxylation is 1. The average molecular weight is 474 g/mol. The largest absolute Gasteiger partial charge is 0.208 e. The summed E-state index contributed by atoms with van der Waals surface area (Å²) in [6.07, 6.45) is 0. The zero-order valence-electron chi connectivity index (χ0n) is 20.4. The van der Waals surface area contributed by atoms with Gasteiger partial charge < -0.3 is 0 Å². The van der Waals surface area contributed by atoms with Crippen LogP contribution in [0.4, 0.5) is 0 Å². The first-order valence-corrected chi connectivity index (χ1v) is 12.5. The summed E-state index contributed by atoms with van der Waals surface area (Å²) < 4.78 is 0. The zero-order chi connectivity index (χ0) is 24.8. The van der Waals surface area contributed by atoms with Crippen molar-refractivity contribution in [1.29, 1.82) is 0 Å². The van der Waals surface area contributed by atoms with Gasteiger partial charge in [0.2, 0.25) is 0 Å². The van der Waals surface area contributed by atoms with E-state index in [0.717, 1.165) is 16.7 Å². The van der Waals surface area contributed by atoms with Crippen molar-refractivity contribution in [3.8, 4) is 34.2 Å². The molecule has 0 saturated heterocycles. The summed E-state index contributed by atoms with van der Waals surface area (Å²) in [5, 5.41) is 7.44. The number of rotatable bonds is 3. The lowest BCUT2D eigenvalue weighted by Gasteiger charge is -2.12. The van der Waals surface area contributed by atoms with Crippen LogP contribution >= 0.6 is 0 Å². The van der Waals surface area contributed by atoms with Crippen molar-refractivity contribution < 1.29 is 0 Å². The smallest absolute Gasteiger partial charge is 0.164 e. The van der Waals surface area contributed by atoms with Gasteiger partial charge in [-0.2, -0.15) is 0 Å². The van der Waals surface area contributed by atoms with Crippen molar-refractivity contribution in [2.75, 3.05) is 0 Å². The molecule has 0 N–H and O–H groups in total.